The summed E-state index contributed by atoms with van der Waals surface area (Å²) in [5.41, 5.74) is 2.12. The van der Waals surface area contributed by atoms with Gasteiger partial charge in [-0.3, -0.25) is 9.36 Å². The van der Waals surface area contributed by atoms with Gasteiger partial charge in [0.25, 0.3) is 5.56 Å². The van der Waals surface area contributed by atoms with Gasteiger partial charge in [-0.05, 0) is 68.8 Å². The third-order valence-electron chi connectivity index (χ3n) is 5.74. The van der Waals surface area contributed by atoms with Gasteiger partial charge in [-0.25, -0.2) is 9.79 Å². The average Bonchev–Trinajstić information content (AvgIpc) is 3.40. The molecule has 10 heteroatoms. The summed E-state index contributed by atoms with van der Waals surface area (Å²) in [4.78, 5) is 33.7. The molecular formula is C27H20Br2N2O4S2. The highest BCUT2D eigenvalue weighted by Crippen LogP contribution is 2.35. The van der Waals surface area contributed by atoms with Crippen LogP contribution in [0.25, 0.3) is 11.8 Å². The van der Waals surface area contributed by atoms with Gasteiger partial charge in [0.15, 0.2) is 9.47 Å². The maximum Gasteiger partial charge on any atom is 0.338 e. The molecule has 1 aliphatic rings. The van der Waals surface area contributed by atoms with Crippen LogP contribution >= 0.6 is 55.0 Å². The fourth-order valence-corrected chi connectivity index (χ4v) is 6.10. The van der Waals surface area contributed by atoms with Gasteiger partial charge in [-0.15, -0.1) is 11.8 Å². The molecule has 0 aliphatic carbocycles. The van der Waals surface area contributed by atoms with Gasteiger partial charge in [-0.2, -0.15) is 0 Å². The SMILES string of the molecule is CCOC(=O)C1=C(c2ccccc2)N=c2s/c(=C/c3cc(Br)c(Br)o3)c(=O)n2[C@@H]1c1ccc(SC)cc1. The second-order valence-corrected chi connectivity index (χ2v) is 11.4. The van der Waals surface area contributed by atoms with Crippen LogP contribution in [-0.2, 0) is 9.53 Å². The molecule has 0 radical (unpaired) electrons. The van der Waals surface area contributed by atoms with E-state index in [1.54, 1.807) is 35.4 Å². The predicted octanol–water partition coefficient (Wildman–Crippen LogP) is 5.78. The van der Waals surface area contributed by atoms with Crippen LogP contribution in [0.15, 0.2) is 94.5 Å². The molecule has 0 saturated heterocycles. The van der Waals surface area contributed by atoms with Crippen LogP contribution in [0.1, 0.15) is 29.9 Å². The Morgan fingerprint density at radius 1 is 1.19 bits per heavy atom. The number of carbonyl (C=O) groups excluding carboxylic acids is 1. The summed E-state index contributed by atoms with van der Waals surface area (Å²) >= 11 is 9.62. The third-order valence-corrected chi connectivity index (χ3v) is 9.18. The second kappa shape index (κ2) is 11.0. The lowest BCUT2D eigenvalue weighted by molar-refractivity contribution is -0.138. The summed E-state index contributed by atoms with van der Waals surface area (Å²) < 4.78 is 14.5. The number of rotatable bonds is 6. The smallest absolute Gasteiger partial charge is 0.338 e. The number of esters is 1. The highest BCUT2D eigenvalue weighted by molar-refractivity contribution is 9.13. The van der Waals surface area contributed by atoms with Crippen LogP contribution < -0.4 is 14.9 Å². The molecule has 0 fully saturated rings. The lowest BCUT2D eigenvalue weighted by Gasteiger charge is -2.26. The molecule has 0 unspecified atom stereocenters. The summed E-state index contributed by atoms with van der Waals surface area (Å²) in [5, 5.41) is 0. The van der Waals surface area contributed by atoms with Crippen molar-refractivity contribution in [3.8, 4) is 0 Å². The minimum absolute atomic E-state index is 0.204. The Kier molecular flexibility index (Phi) is 7.71. The van der Waals surface area contributed by atoms with Crippen molar-refractivity contribution >= 4 is 72.7 Å². The fourth-order valence-electron chi connectivity index (χ4n) is 4.11. The number of nitrogens with zero attached hydrogens (tertiary/aromatic N) is 2. The van der Waals surface area contributed by atoms with Crippen molar-refractivity contribution in [3.05, 3.63) is 112 Å². The lowest BCUT2D eigenvalue weighted by atomic mass is 9.93. The molecule has 3 heterocycles. The second-order valence-electron chi connectivity index (χ2n) is 7.98. The summed E-state index contributed by atoms with van der Waals surface area (Å²) in [7, 11) is 0. The van der Waals surface area contributed by atoms with Gasteiger partial charge in [-0.1, -0.05) is 53.8 Å². The van der Waals surface area contributed by atoms with Crippen molar-refractivity contribution in [2.75, 3.05) is 12.9 Å². The van der Waals surface area contributed by atoms with Crippen LogP contribution in [0.3, 0.4) is 0 Å². The quantitative estimate of drug-likeness (QED) is 0.194. The van der Waals surface area contributed by atoms with E-state index in [9.17, 15) is 9.59 Å². The van der Waals surface area contributed by atoms with Crippen molar-refractivity contribution < 1.29 is 13.9 Å². The highest BCUT2D eigenvalue weighted by atomic mass is 79.9. The Morgan fingerprint density at radius 3 is 2.54 bits per heavy atom. The zero-order valence-electron chi connectivity index (χ0n) is 19.7. The first kappa shape index (κ1) is 26.0. The number of hydrogen-bond donors (Lipinski definition) is 0. The topological polar surface area (TPSA) is 73.8 Å². The molecule has 1 aliphatic heterocycles. The van der Waals surface area contributed by atoms with Crippen LogP contribution in [-0.4, -0.2) is 23.4 Å². The van der Waals surface area contributed by atoms with E-state index in [0.29, 0.717) is 31.0 Å². The van der Waals surface area contributed by atoms with Crippen LogP contribution in [0.2, 0.25) is 0 Å². The largest absolute Gasteiger partial charge is 0.463 e. The Balaban J connectivity index is 1.82. The molecule has 37 heavy (non-hydrogen) atoms. The van der Waals surface area contributed by atoms with Gasteiger partial charge in [0.05, 0.1) is 32.9 Å². The van der Waals surface area contributed by atoms with Crippen LogP contribution in [0.4, 0.5) is 0 Å². The molecule has 0 N–H and O–H groups in total. The number of thiazole rings is 1. The van der Waals surface area contributed by atoms with E-state index in [1.165, 1.54) is 11.3 Å². The summed E-state index contributed by atoms with van der Waals surface area (Å²) in [5.74, 6) is 0.00926. The maximum absolute atomic E-state index is 13.8. The van der Waals surface area contributed by atoms with E-state index in [2.05, 4.69) is 31.9 Å². The maximum atomic E-state index is 13.8. The number of ether oxygens (including phenoxy) is 1. The molecule has 5 rings (SSSR count). The van der Waals surface area contributed by atoms with Gasteiger partial charge < -0.3 is 9.15 Å². The Morgan fingerprint density at radius 2 is 1.92 bits per heavy atom. The Hall–Kier alpha value is -2.66. The minimum atomic E-state index is -0.710. The number of furan rings is 1. The molecule has 2 aromatic heterocycles. The number of thioether (sulfide) groups is 1. The van der Waals surface area contributed by atoms with Crippen LogP contribution in [0, 0.1) is 0 Å². The lowest BCUT2D eigenvalue weighted by Crippen LogP contribution is -2.40. The summed E-state index contributed by atoms with van der Waals surface area (Å²) in [6.45, 7) is 1.97. The fraction of sp³-hybridized carbons (Fsp3) is 0.148. The first-order valence-corrected chi connectivity index (χ1v) is 14.9. The predicted molar refractivity (Wildman–Crippen MR) is 153 cm³/mol. The van der Waals surface area contributed by atoms with Crippen molar-refractivity contribution in [2.24, 2.45) is 4.99 Å². The van der Waals surface area contributed by atoms with E-state index in [0.717, 1.165) is 20.5 Å². The van der Waals surface area contributed by atoms with Crippen molar-refractivity contribution in [3.63, 3.8) is 0 Å². The van der Waals surface area contributed by atoms with Gasteiger partial charge in [0, 0.05) is 16.5 Å². The van der Waals surface area contributed by atoms with Gasteiger partial charge >= 0.3 is 5.97 Å². The number of halogens is 2. The van der Waals surface area contributed by atoms with Gasteiger partial charge in [0.2, 0.25) is 0 Å². The molecule has 188 valence electrons. The average molecular weight is 660 g/mol. The van der Waals surface area contributed by atoms with Crippen LogP contribution in [0.5, 0.6) is 0 Å². The minimum Gasteiger partial charge on any atom is -0.463 e. The summed E-state index contributed by atoms with van der Waals surface area (Å²) in [6, 6.07) is 18.4. The Bertz CT molecular complexity index is 1670. The molecule has 4 aromatic rings. The zero-order chi connectivity index (χ0) is 26.1. The van der Waals surface area contributed by atoms with Crippen molar-refractivity contribution in [2.45, 2.75) is 17.9 Å². The number of carbonyl (C=O) groups is 1. The van der Waals surface area contributed by atoms with E-state index < -0.39 is 12.0 Å². The first-order valence-electron chi connectivity index (χ1n) is 11.3. The molecule has 0 amide bonds. The first-order chi connectivity index (χ1) is 17.9. The molecular weight excluding hydrogens is 640 g/mol. The molecule has 1 atom stereocenters. The van der Waals surface area contributed by atoms with Crippen molar-refractivity contribution in [1.82, 2.24) is 4.57 Å². The third kappa shape index (κ3) is 5.07. The number of fused-ring (bicyclic) bond motifs is 1. The number of aromatic nitrogens is 1. The summed E-state index contributed by atoms with van der Waals surface area (Å²) in [6.07, 6.45) is 3.68. The standard InChI is InChI=1S/C27H20Br2N2O4S2/c1-3-34-26(33)21-22(15-7-5-4-6-8-15)30-27-31(23(21)16-9-11-18(36-2)12-10-16)25(32)20(37-27)14-17-13-19(28)24(29)35-17/h4-14,23H,3H2,1-2H3/b20-14+/t23-/m1/s1. The number of hydrogen-bond acceptors (Lipinski definition) is 7. The highest BCUT2D eigenvalue weighted by Gasteiger charge is 2.35. The molecule has 0 saturated carbocycles. The van der Waals surface area contributed by atoms with Crippen molar-refractivity contribution in [1.29, 1.82) is 0 Å². The van der Waals surface area contributed by atoms with Gasteiger partial charge in [0.1, 0.15) is 5.76 Å². The zero-order valence-corrected chi connectivity index (χ0v) is 24.5. The number of benzene rings is 2. The Labute approximate surface area is 237 Å². The van der Waals surface area contributed by atoms with E-state index in [-0.39, 0.29) is 12.2 Å². The van der Waals surface area contributed by atoms with E-state index in [1.807, 2.05) is 60.9 Å². The molecule has 2 aromatic carbocycles. The van der Waals surface area contributed by atoms with E-state index in [4.69, 9.17) is 14.1 Å². The molecule has 0 spiro atoms. The monoisotopic (exact) mass is 658 g/mol. The molecule has 6 nitrogen and oxygen atoms in total. The molecule has 0 bridgehead atoms. The normalized spacial score (nSPS) is 15.5. The van der Waals surface area contributed by atoms with E-state index >= 15 is 0 Å².